The van der Waals surface area contributed by atoms with E-state index in [2.05, 4.69) is 31.1 Å². The number of amides is 3. The number of pyridine rings is 1. The third-order valence-corrected chi connectivity index (χ3v) is 5.11. The number of carbonyl (C=O) groups is 2. The Balaban J connectivity index is 1.88. The van der Waals surface area contributed by atoms with Crippen molar-refractivity contribution in [3.8, 4) is 0 Å². The zero-order valence-electron chi connectivity index (χ0n) is 15.3. The maximum absolute atomic E-state index is 13.0. The molecule has 0 spiro atoms. The molecule has 1 aliphatic rings. The average molecular weight is 372 g/mol. The van der Waals surface area contributed by atoms with Gasteiger partial charge in [-0.15, -0.1) is 0 Å². The molecule has 1 fully saturated rings. The van der Waals surface area contributed by atoms with Gasteiger partial charge < -0.3 is 5.32 Å². The maximum Gasteiger partial charge on any atom is 0.325 e. The van der Waals surface area contributed by atoms with E-state index in [4.69, 9.17) is 11.6 Å². The van der Waals surface area contributed by atoms with Gasteiger partial charge in [-0.2, -0.15) is 0 Å². The summed E-state index contributed by atoms with van der Waals surface area (Å²) in [5.74, 6) is -0.300. The third-order valence-electron chi connectivity index (χ3n) is 4.77. The van der Waals surface area contributed by atoms with Crippen LogP contribution in [0, 0.1) is 0 Å². The Morgan fingerprint density at radius 3 is 2.38 bits per heavy atom. The highest BCUT2D eigenvalue weighted by Gasteiger charge is 2.49. The highest BCUT2D eigenvalue weighted by Crippen LogP contribution is 2.32. The molecule has 1 aliphatic heterocycles. The molecule has 2 heterocycles. The number of carbonyl (C=O) groups excluding carboxylic acids is 2. The van der Waals surface area contributed by atoms with Crippen LogP contribution < -0.4 is 5.32 Å². The fraction of sp³-hybridized carbons (Fsp3) is 0.350. The van der Waals surface area contributed by atoms with E-state index < -0.39 is 11.6 Å². The lowest BCUT2D eigenvalue weighted by Gasteiger charge is -2.24. The largest absolute Gasteiger partial charge is 0.325 e. The Morgan fingerprint density at radius 2 is 1.81 bits per heavy atom. The van der Waals surface area contributed by atoms with Crippen LogP contribution in [0.2, 0.25) is 5.15 Å². The van der Waals surface area contributed by atoms with Crippen LogP contribution in [0.5, 0.6) is 0 Å². The molecule has 0 aliphatic carbocycles. The van der Waals surface area contributed by atoms with Crippen LogP contribution in [0.4, 0.5) is 4.79 Å². The number of urea groups is 1. The van der Waals surface area contributed by atoms with E-state index >= 15 is 0 Å². The number of hydrogen-bond acceptors (Lipinski definition) is 3. The molecule has 2 aromatic rings. The van der Waals surface area contributed by atoms with Gasteiger partial charge in [-0.1, -0.05) is 62.7 Å². The lowest BCUT2D eigenvalue weighted by atomic mass is 9.84. The number of benzene rings is 1. The molecule has 26 heavy (non-hydrogen) atoms. The summed E-state index contributed by atoms with van der Waals surface area (Å²) in [7, 11) is 0. The molecule has 1 N–H and O–H groups in total. The molecule has 1 saturated heterocycles. The Bertz CT molecular complexity index is 858. The minimum absolute atomic E-state index is 0.0193. The fourth-order valence-electron chi connectivity index (χ4n) is 3.05. The Labute approximate surface area is 158 Å². The number of imide groups is 1. The van der Waals surface area contributed by atoms with E-state index in [1.54, 1.807) is 25.3 Å². The molecule has 3 rings (SSSR count). The van der Waals surface area contributed by atoms with E-state index in [-0.39, 0.29) is 23.0 Å². The smallest absolute Gasteiger partial charge is 0.319 e. The molecule has 3 amide bonds. The minimum Gasteiger partial charge on any atom is -0.319 e. The summed E-state index contributed by atoms with van der Waals surface area (Å²) in [5, 5.41) is 3.11. The van der Waals surface area contributed by atoms with Crippen LogP contribution in [0.3, 0.4) is 0 Å². The zero-order chi connectivity index (χ0) is 19.1. The van der Waals surface area contributed by atoms with E-state index in [0.717, 1.165) is 5.56 Å². The Hall–Kier alpha value is -2.40. The van der Waals surface area contributed by atoms with Crippen LogP contribution in [-0.4, -0.2) is 21.8 Å². The van der Waals surface area contributed by atoms with Crippen molar-refractivity contribution in [3.05, 3.63) is 64.4 Å². The third kappa shape index (κ3) is 3.19. The quantitative estimate of drug-likeness (QED) is 0.655. The molecule has 1 aromatic heterocycles. The predicted octanol–water partition coefficient (Wildman–Crippen LogP) is 4.00. The van der Waals surface area contributed by atoms with Crippen LogP contribution in [0.1, 0.15) is 44.4 Å². The summed E-state index contributed by atoms with van der Waals surface area (Å²) >= 11 is 6.07. The molecular formula is C20H22ClN3O2. The van der Waals surface area contributed by atoms with Gasteiger partial charge in [0.25, 0.3) is 5.91 Å². The van der Waals surface area contributed by atoms with Gasteiger partial charge in [0.2, 0.25) is 0 Å². The van der Waals surface area contributed by atoms with Gasteiger partial charge in [0.05, 0.1) is 6.54 Å². The van der Waals surface area contributed by atoms with Gasteiger partial charge in [0, 0.05) is 11.8 Å². The minimum atomic E-state index is -1.10. The van der Waals surface area contributed by atoms with Gasteiger partial charge in [-0.05, 0) is 29.5 Å². The van der Waals surface area contributed by atoms with Crippen molar-refractivity contribution in [3.63, 3.8) is 0 Å². The van der Waals surface area contributed by atoms with Gasteiger partial charge in [-0.3, -0.25) is 9.69 Å². The maximum atomic E-state index is 13.0. The topological polar surface area (TPSA) is 62.3 Å². The SMILES string of the molecule is CC(C)(C)c1ccc(C2(C)NC(=O)N(Cc3cccnc3Cl)C2=O)cc1. The summed E-state index contributed by atoms with van der Waals surface area (Å²) in [4.78, 5) is 30.6. The highest BCUT2D eigenvalue weighted by atomic mass is 35.5. The lowest BCUT2D eigenvalue weighted by molar-refractivity contribution is -0.131. The molecular weight excluding hydrogens is 350 g/mol. The van der Waals surface area contributed by atoms with Crippen molar-refractivity contribution in [2.24, 2.45) is 0 Å². The molecule has 0 bridgehead atoms. The molecule has 136 valence electrons. The van der Waals surface area contributed by atoms with Crippen LogP contribution in [0.25, 0.3) is 0 Å². The van der Waals surface area contributed by atoms with Gasteiger partial charge in [-0.25, -0.2) is 9.78 Å². The van der Waals surface area contributed by atoms with Crippen LogP contribution >= 0.6 is 11.6 Å². The first kappa shape index (κ1) is 18.4. The monoisotopic (exact) mass is 371 g/mol. The number of rotatable bonds is 3. The van der Waals surface area contributed by atoms with Gasteiger partial charge in [0.1, 0.15) is 10.7 Å². The standard InChI is InChI=1S/C20H22ClN3O2/c1-19(2,3)14-7-9-15(10-8-14)20(4)17(25)24(18(26)23-20)12-13-6-5-11-22-16(13)21/h5-11H,12H2,1-4H3,(H,23,26). The first-order valence-corrected chi connectivity index (χ1v) is 8.85. The second kappa shape index (κ2) is 6.40. The molecule has 1 atom stereocenters. The van der Waals surface area contributed by atoms with Crippen molar-refractivity contribution in [1.82, 2.24) is 15.2 Å². The lowest BCUT2D eigenvalue weighted by Crippen LogP contribution is -2.40. The molecule has 0 saturated carbocycles. The van der Waals surface area contributed by atoms with E-state index in [1.807, 2.05) is 24.3 Å². The summed E-state index contributed by atoms with van der Waals surface area (Å²) in [5.41, 5.74) is 1.47. The number of hydrogen-bond donors (Lipinski definition) is 1. The molecule has 0 radical (unpaired) electrons. The second-order valence-electron chi connectivity index (χ2n) is 7.73. The Kier molecular flexibility index (Phi) is 4.53. The highest BCUT2D eigenvalue weighted by molar-refractivity contribution is 6.30. The van der Waals surface area contributed by atoms with E-state index in [9.17, 15) is 9.59 Å². The number of nitrogens with zero attached hydrogens (tertiary/aromatic N) is 2. The van der Waals surface area contributed by atoms with Crippen molar-refractivity contribution < 1.29 is 9.59 Å². The van der Waals surface area contributed by atoms with Crippen molar-refractivity contribution in [1.29, 1.82) is 0 Å². The molecule has 5 nitrogen and oxygen atoms in total. The molecule has 6 heteroatoms. The van der Waals surface area contributed by atoms with Crippen molar-refractivity contribution >= 4 is 23.5 Å². The summed E-state index contributed by atoms with van der Waals surface area (Å²) in [6.45, 7) is 8.21. The van der Waals surface area contributed by atoms with E-state index in [1.165, 1.54) is 10.5 Å². The Morgan fingerprint density at radius 1 is 1.15 bits per heavy atom. The summed E-state index contributed by atoms with van der Waals surface area (Å²) in [6, 6.07) is 10.9. The second-order valence-corrected chi connectivity index (χ2v) is 8.09. The summed E-state index contributed by atoms with van der Waals surface area (Å²) < 4.78 is 0. The first-order chi connectivity index (χ1) is 12.1. The number of halogens is 1. The first-order valence-electron chi connectivity index (χ1n) is 8.47. The van der Waals surface area contributed by atoms with Crippen LogP contribution in [-0.2, 0) is 22.3 Å². The average Bonchev–Trinajstić information content (AvgIpc) is 2.80. The van der Waals surface area contributed by atoms with Crippen molar-refractivity contribution in [2.45, 2.75) is 45.2 Å². The normalized spacial score (nSPS) is 20.4. The van der Waals surface area contributed by atoms with E-state index in [0.29, 0.717) is 5.56 Å². The predicted molar refractivity (Wildman–Crippen MR) is 101 cm³/mol. The fourth-order valence-corrected chi connectivity index (χ4v) is 3.23. The zero-order valence-corrected chi connectivity index (χ0v) is 16.1. The van der Waals surface area contributed by atoms with Gasteiger partial charge in [0.15, 0.2) is 0 Å². The van der Waals surface area contributed by atoms with Gasteiger partial charge >= 0.3 is 6.03 Å². The number of nitrogens with one attached hydrogen (secondary N) is 1. The van der Waals surface area contributed by atoms with Crippen molar-refractivity contribution in [2.75, 3.05) is 0 Å². The summed E-state index contributed by atoms with van der Waals surface area (Å²) in [6.07, 6.45) is 1.57. The molecule has 1 unspecified atom stereocenters. The van der Waals surface area contributed by atoms with Crippen LogP contribution in [0.15, 0.2) is 42.6 Å². The molecule has 1 aromatic carbocycles. The number of aromatic nitrogens is 1.